The number of hydrogen-bond acceptors (Lipinski definition) is 4. The Bertz CT molecular complexity index is 1110. The summed E-state index contributed by atoms with van der Waals surface area (Å²) >= 11 is 0. The van der Waals surface area contributed by atoms with Crippen molar-refractivity contribution in [1.29, 1.82) is 5.26 Å². The van der Waals surface area contributed by atoms with E-state index in [1.807, 2.05) is 68.4 Å². The van der Waals surface area contributed by atoms with Crippen LogP contribution < -0.4 is 10.2 Å². The first-order chi connectivity index (χ1) is 14.6. The smallest absolute Gasteiger partial charge is 0.244 e. The molecule has 0 aromatic heterocycles. The summed E-state index contributed by atoms with van der Waals surface area (Å²) in [7, 11) is 0. The van der Waals surface area contributed by atoms with Crippen molar-refractivity contribution < 1.29 is 9.53 Å². The van der Waals surface area contributed by atoms with Crippen LogP contribution in [0.25, 0.3) is 0 Å². The van der Waals surface area contributed by atoms with Crippen LogP contribution in [-0.2, 0) is 17.8 Å². The number of ether oxygens (including phenoxy) is 1. The molecule has 5 heteroatoms. The number of amides is 1. The van der Waals surface area contributed by atoms with Crippen LogP contribution in [0.5, 0.6) is 5.75 Å². The van der Waals surface area contributed by atoms with Crippen molar-refractivity contribution >= 4 is 12.1 Å². The third-order valence-electron chi connectivity index (χ3n) is 4.68. The van der Waals surface area contributed by atoms with Crippen molar-refractivity contribution in [1.82, 2.24) is 5.43 Å². The number of nitriles is 1. The average molecular weight is 397 g/mol. The highest BCUT2D eigenvalue weighted by molar-refractivity contribution is 5.85. The van der Waals surface area contributed by atoms with E-state index in [1.54, 1.807) is 12.3 Å². The lowest BCUT2D eigenvalue weighted by molar-refractivity contribution is -0.120. The van der Waals surface area contributed by atoms with Gasteiger partial charge in [-0.1, -0.05) is 54.1 Å². The molecule has 0 saturated heterocycles. The molecule has 0 spiro atoms. The summed E-state index contributed by atoms with van der Waals surface area (Å²) in [6.07, 6.45) is 1.83. The second-order valence-electron chi connectivity index (χ2n) is 7.00. The summed E-state index contributed by atoms with van der Waals surface area (Å²) in [4.78, 5) is 12.2. The van der Waals surface area contributed by atoms with Gasteiger partial charge in [-0.25, -0.2) is 5.43 Å². The van der Waals surface area contributed by atoms with Crippen molar-refractivity contribution in [2.45, 2.75) is 26.9 Å². The summed E-state index contributed by atoms with van der Waals surface area (Å²) in [5.74, 6) is 0.442. The Balaban J connectivity index is 1.62. The van der Waals surface area contributed by atoms with Gasteiger partial charge < -0.3 is 4.74 Å². The Kier molecular flexibility index (Phi) is 6.96. The molecule has 3 aromatic carbocycles. The number of hydrogen-bond donors (Lipinski definition) is 1. The van der Waals surface area contributed by atoms with Crippen LogP contribution in [0.3, 0.4) is 0 Å². The molecule has 1 amide bonds. The summed E-state index contributed by atoms with van der Waals surface area (Å²) in [5, 5.41) is 13.3. The van der Waals surface area contributed by atoms with Gasteiger partial charge in [-0.15, -0.1) is 0 Å². The Labute approximate surface area is 176 Å². The van der Waals surface area contributed by atoms with Gasteiger partial charge in [0.15, 0.2) is 0 Å². The molecule has 0 aliphatic heterocycles. The maximum Gasteiger partial charge on any atom is 0.244 e. The van der Waals surface area contributed by atoms with E-state index in [2.05, 4.69) is 22.7 Å². The van der Waals surface area contributed by atoms with Crippen LogP contribution in [0.2, 0.25) is 0 Å². The second-order valence-corrected chi connectivity index (χ2v) is 7.00. The van der Waals surface area contributed by atoms with Gasteiger partial charge in [0.2, 0.25) is 5.91 Å². The van der Waals surface area contributed by atoms with Crippen molar-refractivity contribution in [2.75, 3.05) is 0 Å². The molecule has 0 fully saturated rings. The highest BCUT2D eigenvalue weighted by Gasteiger charge is 2.07. The lowest BCUT2D eigenvalue weighted by atomic mass is 10.0. The van der Waals surface area contributed by atoms with E-state index >= 15 is 0 Å². The molecule has 0 aliphatic rings. The topological polar surface area (TPSA) is 74.5 Å². The zero-order chi connectivity index (χ0) is 21.3. The number of nitrogens with zero attached hydrogens (tertiary/aromatic N) is 2. The maximum atomic E-state index is 12.2. The average Bonchev–Trinajstić information content (AvgIpc) is 2.75. The van der Waals surface area contributed by atoms with Gasteiger partial charge >= 0.3 is 0 Å². The predicted octanol–water partition coefficient (Wildman–Crippen LogP) is 4.45. The molecule has 0 heterocycles. The quantitative estimate of drug-likeness (QED) is 0.473. The number of para-hydroxylation sites is 1. The largest absolute Gasteiger partial charge is 0.488 e. The molecule has 0 radical (unpaired) electrons. The Hall–Kier alpha value is -3.91. The number of nitrogens with one attached hydrogen (secondary N) is 1. The standard InChI is InChI=1S/C25H23N3O2/c1-18-11-12-20(19(2)13-18)14-25(29)28-27-16-22-8-5-6-10-24(22)30-17-23-9-4-3-7-21(23)15-26/h3-13,16H,14,17H2,1-2H3,(H,28,29)/b27-16-. The third kappa shape index (κ3) is 5.55. The molecule has 30 heavy (non-hydrogen) atoms. The van der Waals surface area contributed by atoms with Gasteiger partial charge in [0.1, 0.15) is 12.4 Å². The predicted molar refractivity (Wildman–Crippen MR) is 117 cm³/mol. The first kappa shape index (κ1) is 20.8. The molecule has 0 unspecified atom stereocenters. The number of carbonyl (C=O) groups excluding carboxylic acids is 1. The molecule has 3 rings (SSSR count). The second kappa shape index (κ2) is 10.0. The molecule has 0 saturated carbocycles. The number of benzene rings is 3. The summed E-state index contributed by atoms with van der Waals surface area (Å²) in [6.45, 7) is 4.30. The van der Waals surface area contributed by atoms with Crippen molar-refractivity contribution in [2.24, 2.45) is 5.10 Å². The fourth-order valence-corrected chi connectivity index (χ4v) is 3.06. The minimum absolute atomic E-state index is 0.181. The Morgan fingerprint density at radius 3 is 2.63 bits per heavy atom. The van der Waals surface area contributed by atoms with Crippen molar-refractivity contribution in [3.05, 3.63) is 100 Å². The number of hydrazone groups is 1. The normalized spacial score (nSPS) is 10.6. The van der Waals surface area contributed by atoms with E-state index in [9.17, 15) is 10.1 Å². The SMILES string of the molecule is Cc1ccc(CC(=O)N/N=C\c2ccccc2OCc2ccccc2C#N)c(C)c1. The zero-order valence-electron chi connectivity index (χ0n) is 17.1. The Morgan fingerprint density at radius 2 is 1.83 bits per heavy atom. The van der Waals surface area contributed by atoms with Gasteiger partial charge in [-0.2, -0.15) is 10.4 Å². The van der Waals surface area contributed by atoms with Crippen LogP contribution in [0.15, 0.2) is 71.8 Å². The van der Waals surface area contributed by atoms with Gasteiger partial charge in [0.25, 0.3) is 0 Å². The van der Waals surface area contributed by atoms with Crippen molar-refractivity contribution in [3.63, 3.8) is 0 Å². The molecule has 5 nitrogen and oxygen atoms in total. The van der Waals surface area contributed by atoms with Crippen LogP contribution >= 0.6 is 0 Å². The van der Waals surface area contributed by atoms with Crippen LogP contribution in [0.1, 0.15) is 33.4 Å². The molecule has 1 N–H and O–H groups in total. The molecule has 0 atom stereocenters. The molecule has 3 aromatic rings. The molecule has 150 valence electrons. The van der Waals surface area contributed by atoms with Crippen molar-refractivity contribution in [3.8, 4) is 11.8 Å². The zero-order valence-corrected chi connectivity index (χ0v) is 17.1. The molecule has 0 bridgehead atoms. The van der Waals surface area contributed by atoms with Crippen LogP contribution in [0.4, 0.5) is 0 Å². The lowest BCUT2D eigenvalue weighted by Gasteiger charge is -2.10. The molecular formula is C25H23N3O2. The van der Waals surface area contributed by atoms with Gasteiger partial charge in [-0.3, -0.25) is 4.79 Å². The molecule has 0 aliphatic carbocycles. The highest BCUT2D eigenvalue weighted by atomic mass is 16.5. The third-order valence-corrected chi connectivity index (χ3v) is 4.68. The number of carbonyl (C=O) groups is 1. The van der Waals surface area contributed by atoms with E-state index in [1.165, 1.54) is 5.56 Å². The van der Waals surface area contributed by atoms with E-state index < -0.39 is 0 Å². The van der Waals surface area contributed by atoms with Gasteiger partial charge in [0.05, 0.1) is 24.3 Å². The number of rotatable bonds is 7. The lowest BCUT2D eigenvalue weighted by Crippen LogP contribution is -2.20. The first-order valence-corrected chi connectivity index (χ1v) is 9.64. The minimum atomic E-state index is -0.181. The van der Waals surface area contributed by atoms with Gasteiger partial charge in [-0.05, 0) is 43.2 Å². The van der Waals surface area contributed by atoms with E-state index in [-0.39, 0.29) is 18.9 Å². The van der Waals surface area contributed by atoms with E-state index in [4.69, 9.17) is 4.74 Å². The summed E-state index contributed by atoms with van der Waals surface area (Å²) < 4.78 is 5.89. The monoisotopic (exact) mass is 397 g/mol. The minimum Gasteiger partial charge on any atom is -0.488 e. The van der Waals surface area contributed by atoms with Gasteiger partial charge in [0, 0.05) is 11.1 Å². The van der Waals surface area contributed by atoms with Crippen LogP contribution in [0, 0.1) is 25.2 Å². The van der Waals surface area contributed by atoms with E-state index in [0.717, 1.165) is 22.3 Å². The highest BCUT2D eigenvalue weighted by Crippen LogP contribution is 2.19. The summed E-state index contributed by atoms with van der Waals surface area (Å²) in [5.41, 5.74) is 7.94. The fraction of sp³-hybridized carbons (Fsp3) is 0.160. The fourth-order valence-electron chi connectivity index (χ4n) is 3.06. The Morgan fingerprint density at radius 1 is 1.07 bits per heavy atom. The summed E-state index contributed by atoms with van der Waals surface area (Å²) in [6, 6.07) is 22.9. The van der Waals surface area contributed by atoms with E-state index in [0.29, 0.717) is 11.3 Å². The maximum absolute atomic E-state index is 12.2. The van der Waals surface area contributed by atoms with Crippen LogP contribution in [-0.4, -0.2) is 12.1 Å². The molecular weight excluding hydrogens is 374 g/mol. The number of aryl methyl sites for hydroxylation is 2. The first-order valence-electron chi connectivity index (χ1n) is 9.64.